The number of allylic oxidation sites excluding steroid dienone is 4. The largest absolute Gasteiger partial charge is 4.00 e. The molecule has 4 rings (SSSR count). The first-order chi connectivity index (χ1) is 14.4. The van der Waals surface area contributed by atoms with Gasteiger partial charge in [0.05, 0.1) is 0 Å². The van der Waals surface area contributed by atoms with Gasteiger partial charge in [-0.05, 0) is 0 Å². The second kappa shape index (κ2) is 22.4. The SMILES string of the molecule is C[Si](C)C.[C-]1=CC=CC1.[CH2-]c1ccccc1.[CH2-]c1ccccc1.[CH2-]c1ccccc1.[Ti+4]. The van der Waals surface area contributed by atoms with Crippen LogP contribution in [0.1, 0.15) is 23.1 Å². The third-order valence-electron chi connectivity index (χ3n) is 3.11. The zero-order chi connectivity index (χ0) is 22.5. The van der Waals surface area contributed by atoms with Crippen molar-refractivity contribution in [1.29, 1.82) is 0 Å². The molecular formula is C29H35SiTi. The summed E-state index contributed by atoms with van der Waals surface area (Å²) in [5.74, 6) is 0. The number of hydrogen-bond acceptors (Lipinski definition) is 0. The van der Waals surface area contributed by atoms with E-state index in [-0.39, 0.29) is 30.5 Å². The molecule has 0 aromatic heterocycles. The molecule has 0 atom stereocenters. The number of benzene rings is 3. The minimum Gasteiger partial charge on any atom is -0.273 e. The fourth-order valence-corrected chi connectivity index (χ4v) is 1.77. The fourth-order valence-electron chi connectivity index (χ4n) is 1.77. The number of hydrogen-bond donors (Lipinski definition) is 0. The normalized spacial score (nSPS) is 9.81. The molecule has 0 nitrogen and oxygen atoms in total. The fraction of sp³-hybridized carbons (Fsp3) is 0.138. The van der Waals surface area contributed by atoms with Crippen molar-refractivity contribution in [2.75, 3.05) is 0 Å². The summed E-state index contributed by atoms with van der Waals surface area (Å²) in [5, 5.41) is 0. The maximum atomic E-state index is 3.72. The van der Waals surface area contributed by atoms with Crippen LogP contribution in [0.5, 0.6) is 0 Å². The summed E-state index contributed by atoms with van der Waals surface area (Å²) in [4.78, 5) is 0. The van der Waals surface area contributed by atoms with E-state index in [1.807, 2.05) is 103 Å². The monoisotopic (exact) mass is 459 g/mol. The summed E-state index contributed by atoms with van der Waals surface area (Å²) in [6.07, 6.45) is 10.0. The van der Waals surface area contributed by atoms with Crippen LogP contribution < -0.4 is 0 Å². The quantitative estimate of drug-likeness (QED) is 0.234. The Morgan fingerprint density at radius 3 is 1.00 bits per heavy atom. The van der Waals surface area contributed by atoms with Crippen LogP contribution in [-0.2, 0) is 21.7 Å². The van der Waals surface area contributed by atoms with E-state index in [4.69, 9.17) is 0 Å². The molecule has 0 heterocycles. The first-order valence-corrected chi connectivity index (χ1v) is 13.0. The Hall–Kier alpha value is -2.32. The summed E-state index contributed by atoms with van der Waals surface area (Å²) < 4.78 is 0. The third kappa shape index (κ3) is 25.6. The van der Waals surface area contributed by atoms with E-state index >= 15 is 0 Å². The van der Waals surface area contributed by atoms with Crippen molar-refractivity contribution in [3.8, 4) is 0 Å². The molecule has 0 aliphatic heterocycles. The molecule has 0 amide bonds. The van der Waals surface area contributed by atoms with Crippen LogP contribution in [0.15, 0.2) is 109 Å². The molecule has 0 bridgehead atoms. The van der Waals surface area contributed by atoms with Gasteiger partial charge in [0.1, 0.15) is 0 Å². The average Bonchev–Trinajstić information content (AvgIpc) is 3.31. The maximum Gasteiger partial charge on any atom is 4.00 e. The first-order valence-electron chi connectivity index (χ1n) is 10.0. The van der Waals surface area contributed by atoms with Gasteiger partial charge in [-0.3, -0.25) is 6.08 Å². The van der Waals surface area contributed by atoms with Gasteiger partial charge in [0, 0.05) is 8.80 Å². The van der Waals surface area contributed by atoms with Crippen molar-refractivity contribution in [3.63, 3.8) is 0 Å². The molecule has 31 heavy (non-hydrogen) atoms. The summed E-state index contributed by atoms with van der Waals surface area (Å²) in [5.41, 5.74) is 3.22. The van der Waals surface area contributed by atoms with Gasteiger partial charge in [-0.25, -0.2) is 12.2 Å². The average molecular weight is 460 g/mol. The first kappa shape index (κ1) is 30.9. The molecule has 0 fully saturated rings. The molecule has 3 aromatic carbocycles. The van der Waals surface area contributed by atoms with Crippen LogP contribution in [0, 0.1) is 26.8 Å². The summed E-state index contributed by atoms with van der Waals surface area (Å²) in [6, 6.07) is 29.6. The zero-order valence-corrected chi connectivity index (χ0v) is 21.8. The molecule has 1 radical (unpaired) electrons. The van der Waals surface area contributed by atoms with Gasteiger partial charge in [0.25, 0.3) is 0 Å². The Morgan fingerprint density at radius 2 is 0.903 bits per heavy atom. The van der Waals surface area contributed by atoms with Crippen LogP contribution in [0.25, 0.3) is 0 Å². The predicted molar refractivity (Wildman–Crippen MR) is 138 cm³/mol. The molecule has 0 saturated heterocycles. The van der Waals surface area contributed by atoms with Crippen LogP contribution in [0.4, 0.5) is 0 Å². The van der Waals surface area contributed by atoms with E-state index in [0.717, 1.165) is 23.1 Å². The molecule has 1 aliphatic rings. The van der Waals surface area contributed by atoms with E-state index in [0.29, 0.717) is 0 Å². The maximum absolute atomic E-state index is 3.72. The van der Waals surface area contributed by atoms with Crippen molar-refractivity contribution < 1.29 is 21.7 Å². The van der Waals surface area contributed by atoms with E-state index in [9.17, 15) is 0 Å². The summed E-state index contributed by atoms with van der Waals surface area (Å²) in [6.45, 7) is 18.0. The van der Waals surface area contributed by atoms with Crippen LogP contribution in [-0.4, -0.2) is 8.80 Å². The van der Waals surface area contributed by atoms with Gasteiger partial charge < -0.3 is 0 Å². The molecule has 1 aliphatic carbocycles. The standard InChI is InChI=1S/3C7H7.C5H5.C3H9Si.Ti/c3*1-7-5-3-2-4-6-7;1-2-4-5-3-1;1-4(2)3;/h3*2-6H,1H2;1-3H,4H2;1-3H3;/q4*-1;;+4. The van der Waals surface area contributed by atoms with Gasteiger partial charge in [-0.2, -0.15) is 79.9 Å². The Labute approximate surface area is 208 Å². The van der Waals surface area contributed by atoms with E-state index in [1.54, 1.807) is 0 Å². The minimum absolute atomic E-state index is 0. The summed E-state index contributed by atoms with van der Waals surface area (Å²) in [7, 11) is 0.120. The van der Waals surface area contributed by atoms with Gasteiger partial charge in [0.2, 0.25) is 0 Å². The molecule has 0 N–H and O–H groups in total. The topological polar surface area (TPSA) is 0 Å². The molecule has 159 valence electrons. The smallest absolute Gasteiger partial charge is 0.273 e. The molecule has 3 aromatic rings. The summed E-state index contributed by atoms with van der Waals surface area (Å²) >= 11 is 0. The van der Waals surface area contributed by atoms with Crippen LogP contribution in [0.3, 0.4) is 0 Å². The van der Waals surface area contributed by atoms with Crippen LogP contribution >= 0.6 is 0 Å². The molecule has 2 heteroatoms. The Balaban J connectivity index is 0. The molecular weight excluding hydrogens is 424 g/mol. The Kier molecular flexibility index (Phi) is 22.3. The molecule has 0 saturated carbocycles. The van der Waals surface area contributed by atoms with Gasteiger partial charge in [-0.15, -0.1) is 42.8 Å². The second-order valence-electron chi connectivity index (χ2n) is 6.96. The van der Waals surface area contributed by atoms with Crippen molar-refractivity contribution in [2.24, 2.45) is 0 Å². The van der Waals surface area contributed by atoms with Gasteiger partial charge >= 0.3 is 21.7 Å². The predicted octanol–water partition coefficient (Wildman–Crippen LogP) is 8.28. The third-order valence-corrected chi connectivity index (χ3v) is 3.11. The van der Waals surface area contributed by atoms with E-state index in [2.05, 4.69) is 52.6 Å². The van der Waals surface area contributed by atoms with Crippen molar-refractivity contribution in [2.45, 2.75) is 26.1 Å². The van der Waals surface area contributed by atoms with E-state index < -0.39 is 0 Å². The zero-order valence-electron chi connectivity index (χ0n) is 19.2. The van der Waals surface area contributed by atoms with Gasteiger partial charge in [-0.1, -0.05) is 37.8 Å². The van der Waals surface area contributed by atoms with Crippen molar-refractivity contribution >= 4 is 8.80 Å². The van der Waals surface area contributed by atoms with Crippen LogP contribution in [0.2, 0.25) is 19.6 Å². The minimum atomic E-state index is 0. The molecule has 0 spiro atoms. The van der Waals surface area contributed by atoms with E-state index in [1.165, 1.54) is 0 Å². The number of rotatable bonds is 0. The van der Waals surface area contributed by atoms with Crippen molar-refractivity contribution in [3.05, 3.63) is 153 Å². The second-order valence-corrected chi connectivity index (χ2v) is 9.96. The molecule has 0 unspecified atom stereocenters. The Bertz CT molecular complexity index is 677. The Morgan fingerprint density at radius 1 is 0.613 bits per heavy atom. The van der Waals surface area contributed by atoms with Crippen molar-refractivity contribution in [1.82, 2.24) is 0 Å². The van der Waals surface area contributed by atoms with Gasteiger partial charge in [0.15, 0.2) is 0 Å².